The fourth-order valence-corrected chi connectivity index (χ4v) is 3.33. The zero-order valence-corrected chi connectivity index (χ0v) is 11.1. The number of rotatable bonds is 5. The van der Waals surface area contributed by atoms with E-state index in [0.29, 0.717) is 0 Å². The zero-order chi connectivity index (χ0) is 11.4. The van der Waals surface area contributed by atoms with Crippen molar-refractivity contribution in [2.24, 2.45) is 11.8 Å². The zero-order valence-electron chi connectivity index (χ0n) is 10.3. The van der Waals surface area contributed by atoms with E-state index in [1.807, 2.05) is 17.5 Å². The van der Waals surface area contributed by atoms with Gasteiger partial charge in [-0.15, -0.1) is 11.3 Å². The van der Waals surface area contributed by atoms with E-state index in [0.717, 1.165) is 24.8 Å². The molecular formula is C13H22N2S. The van der Waals surface area contributed by atoms with Crippen LogP contribution in [0.5, 0.6) is 0 Å². The van der Waals surface area contributed by atoms with Gasteiger partial charge in [0.2, 0.25) is 0 Å². The maximum atomic E-state index is 4.38. The van der Waals surface area contributed by atoms with Gasteiger partial charge in [-0.25, -0.2) is 4.98 Å². The summed E-state index contributed by atoms with van der Waals surface area (Å²) in [4.78, 5) is 5.76. The van der Waals surface area contributed by atoms with Crippen molar-refractivity contribution in [3.05, 3.63) is 16.1 Å². The van der Waals surface area contributed by atoms with E-state index in [1.165, 1.54) is 35.7 Å². The van der Waals surface area contributed by atoms with Crippen molar-refractivity contribution < 1.29 is 0 Å². The molecule has 1 aliphatic carbocycles. The molecule has 0 saturated heterocycles. The van der Waals surface area contributed by atoms with Crippen LogP contribution in [0.1, 0.15) is 43.0 Å². The highest BCUT2D eigenvalue weighted by Gasteiger charge is 2.22. The Morgan fingerprint density at radius 3 is 3.00 bits per heavy atom. The van der Waals surface area contributed by atoms with Gasteiger partial charge in [0.05, 0.1) is 5.01 Å². The monoisotopic (exact) mass is 238 g/mol. The smallest absolute Gasteiger partial charge is 0.0925 e. The van der Waals surface area contributed by atoms with Gasteiger partial charge in [0, 0.05) is 17.6 Å². The Balaban J connectivity index is 1.71. The molecule has 1 N–H and O–H groups in total. The maximum absolute atomic E-state index is 4.38. The third kappa shape index (κ3) is 3.05. The Kier molecular flexibility index (Phi) is 4.36. The van der Waals surface area contributed by atoms with Crippen LogP contribution in [0, 0.1) is 11.8 Å². The van der Waals surface area contributed by atoms with E-state index >= 15 is 0 Å². The maximum Gasteiger partial charge on any atom is 0.0925 e. The molecule has 1 aliphatic rings. The number of nitrogens with zero attached hydrogens (tertiary/aromatic N) is 1. The molecule has 2 atom stereocenters. The number of nitrogens with one attached hydrogen (secondary N) is 1. The predicted molar refractivity (Wildman–Crippen MR) is 69.7 cm³/mol. The molecule has 1 saturated carbocycles. The molecule has 2 rings (SSSR count). The third-order valence-corrected chi connectivity index (χ3v) is 4.79. The normalized spacial score (nSPS) is 25.1. The number of thiazole rings is 1. The van der Waals surface area contributed by atoms with Gasteiger partial charge in [-0.2, -0.15) is 0 Å². The number of hydrogen-bond acceptors (Lipinski definition) is 3. The molecule has 0 amide bonds. The van der Waals surface area contributed by atoms with Crippen LogP contribution in [0.3, 0.4) is 0 Å². The Hall–Kier alpha value is -0.410. The van der Waals surface area contributed by atoms with Crippen LogP contribution in [0.25, 0.3) is 0 Å². The highest BCUT2D eigenvalue weighted by Crippen LogP contribution is 2.30. The van der Waals surface area contributed by atoms with E-state index < -0.39 is 0 Å². The van der Waals surface area contributed by atoms with Crippen LogP contribution in [0.2, 0.25) is 0 Å². The highest BCUT2D eigenvalue weighted by atomic mass is 32.1. The lowest BCUT2D eigenvalue weighted by molar-refractivity contribution is 0.392. The van der Waals surface area contributed by atoms with Crippen molar-refractivity contribution in [2.45, 2.75) is 46.1 Å². The lowest BCUT2D eigenvalue weighted by atomic mass is 9.98. The van der Waals surface area contributed by atoms with Gasteiger partial charge in [0.25, 0.3) is 0 Å². The van der Waals surface area contributed by atoms with Crippen molar-refractivity contribution >= 4 is 11.3 Å². The molecule has 1 aromatic heterocycles. The quantitative estimate of drug-likeness (QED) is 0.852. The number of hydrogen-bond donors (Lipinski definition) is 1. The number of aryl methyl sites for hydroxylation is 1. The second-order valence-electron chi connectivity index (χ2n) is 4.87. The van der Waals surface area contributed by atoms with Crippen LogP contribution in [-0.4, -0.2) is 11.5 Å². The molecule has 0 aromatic carbocycles. The average molecular weight is 238 g/mol. The molecule has 0 aliphatic heterocycles. The summed E-state index contributed by atoms with van der Waals surface area (Å²) in [6.45, 7) is 6.74. The molecule has 0 spiro atoms. The Morgan fingerprint density at radius 2 is 2.38 bits per heavy atom. The molecule has 90 valence electrons. The molecule has 1 heterocycles. The second kappa shape index (κ2) is 5.78. The molecule has 2 unspecified atom stereocenters. The SMILES string of the molecule is CCc1ncc(CNCC2CCCC2C)s1. The van der Waals surface area contributed by atoms with Crippen LogP contribution < -0.4 is 5.32 Å². The van der Waals surface area contributed by atoms with E-state index in [4.69, 9.17) is 0 Å². The molecule has 3 heteroatoms. The Labute approximate surface area is 102 Å². The minimum Gasteiger partial charge on any atom is -0.312 e. The summed E-state index contributed by atoms with van der Waals surface area (Å²) in [6.07, 6.45) is 7.34. The Morgan fingerprint density at radius 1 is 1.50 bits per heavy atom. The molecular weight excluding hydrogens is 216 g/mol. The standard InChI is InChI=1S/C13H22N2S/c1-3-13-15-9-12(16-13)8-14-7-11-6-4-5-10(11)2/h9-11,14H,3-8H2,1-2H3. The molecule has 1 fully saturated rings. The van der Waals surface area contributed by atoms with Gasteiger partial charge in [-0.1, -0.05) is 26.7 Å². The molecule has 2 nitrogen and oxygen atoms in total. The van der Waals surface area contributed by atoms with Crippen molar-refractivity contribution in [3.63, 3.8) is 0 Å². The Bertz CT molecular complexity index is 321. The van der Waals surface area contributed by atoms with Crippen LogP contribution in [-0.2, 0) is 13.0 Å². The lowest BCUT2D eigenvalue weighted by Crippen LogP contribution is -2.23. The van der Waals surface area contributed by atoms with Gasteiger partial charge >= 0.3 is 0 Å². The summed E-state index contributed by atoms with van der Waals surface area (Å²) < 4.78 is 0. The van der Waals surface area contributed by atoms with Gasteiger partial charge in [0.1, 0.15) is 0 Å². The van der Waals surface area contributed by atoms with Gasteiger partial charge in [-0.05, 0) is 31.2 Å². The average Bonchev–Trinajstić information content (AvgIpc) is 2.89. The van der Waals surface area contributed by atoms with Crippen LogP contribution in [0.15, 0.2) is 6.20 Å². The van der Waals surface area contributed by atoms with Crippen LogP contribution >= 0.6 is 11.3 Å². The van der Waals surface area contributed by atoms with Crippen molar-refractivity contribution in [3.8, 4) is 0 Å². The molecule has 1 aromatic rings. The van der Waals surface area contributed by atoms with Crippen LogP contribution in [0.4, 0.5) is 0 Å². The van der Waals surface area contributed by atoms with E-state index in [2.05, 4.69) is 24.1 Å². The summed E-state index contributed by atoms with van der Waals surface area (Å²) in [5, 5.41) is 4.84. The minimum atomic E-state index is 0.901. The lowest BCUT2D eigenvalue weighted by Gasteiger charge is -2.15. The molecule has 0 bridgehead atoms. The first kappa shape index (κ1) is 12.1. The summed E-state index contributed by atoms with van der Waals surface area (Å²) in [6, 6.07) is 0. The van der Waals surface area contributed by atoms with E-state index in [-0.39, 0.29) is 0 Å². The summed E-state index contributed by atoms with van der Waals surface area (Å²) >= 11 is 1.84. The van der Waals surface area contributed by atoms with Gasteiger partial charge < -0.3 is 5.32 Å². The molecule has 0 radical (unpaired) electrons. The molecule has 16 heavy (non-hydrogen) atoms. The summed E-state index contributed by atoms with van der Waals surface area (Å²) in [7, 11) is 0. The minimum absolute atomic E-state index is 0.901. The van der Waals surface area contributed by atoms with E-state index in [9.17, 15) is 0 Å². The van der Waals surface area contributed by atoms with Crippen molar-refractivity contribution in [2.75, 3.05) is 6.54 Å². The summed E-state index contributed by atoms with van der Waals surface area (Å²) in [5.74, 6) is 1.82. The summed E-state index contributed by atoms with van der Waals surface area (Å²) in [5.41, 5.74) is 0. The number of aromatic nitrogens is 1. The second-order valence-corrected chi connectivity index (χ2v) is 6.07. The largest absolute Gasteiger partial charge is 0.312 e. The van der Waals surface area contributed by atoms with Gasteiger partial charge in [0.15, 0.2) is 0 Å². The van der Waals surface area contributed by atoms with Crippen molar-refractivity contribution in [1.82, 2.24) is 10.3 Å². The highest BCUT2D eigenvalue weighted by molar-refractivity contribution is 7.11. The predicted octanol–water partition coefficient (Wildman–Crippen LogP) is 3.23. The first-order valence-electron chi connectivity index (χ1n) is 6.44. The van der Waals surface area contributed by atoms with Crippen molar-refractivity contribution in [1.29, 1.82) is 0 Å². The first-order chi connectivity index (χ1) is 7.79. The fourth-order valence-electron chi connectivity index (χ4n) is 2.50. The first-order valence-corrected chi connectivity index (χ1v) is 7.25. The third-order valence-electron chi connectivity index (χ3n) is 3.65. The fraction of sp³-hybridized carbons (Fsp3) is 0.769. The topological polar surface area (TPSA) is 24.9 Å². The van der Waals surface area contributed by atoms with Gasteiger partial charge in [-0.3, -0.25) is 0 Å². The van der Waals surface area contributed by atoms with E-state index in [1.54, 1.807) is 0 Å².